The molecular weight excluding hydrogens is 328 g/mol. The summed E-state index contributed by atoms with van der Waals surface area (Å²) in [7, 11) is 0. The zero-order valence-corrected chi connectivity index (χ0v) is 15.1. The standard InChI is InChI=1S/C20H24N4O2/c1-13-5-7-14(8-6-13)12-23-20(26)24-16(3-2-4-18(24)21-23)19(25)22-10-9-15-11-17(15)22/h5-8,15-17H,2-4,9-12H2,1H3/t15?,16-,17?/m0/s1. The number of rotatable bonds is 3. The smallest absolute Gasteiger partial charge is 0.338 e. The number of fused-ring (bicyclic) bond motifs is 2. The third-order valence-electron chi connectivity index (χ3n) is 6.18. The Labute approximate surface area is 152 Å². The van der Waals surface area contributed by atoms with Crippen molar-refractivity contribution in [2.45, 2.75) is 57.7 Å². The fraction of sp³-hybridized carbons (Fsp3) is 0.550. The SMILES string of the molecule is Cc1ccc(Cn2nc3n(c2=O)[C@H](C(=O)N2CCC4CC42)CCC3)cc1. The van der Waals surface area contributed by atoms with Crippen molar-refractivity contribution < 1.29 is 4.79 Å². The van der Waals surface area contributed by atoms with Crippen LogP contribution < -0.4 is 5.69 Å². The number of aryl methyl sites for hydroxylation is 2. The summed E-state index contributed by atoms with van der Waals surface area (Å²) in [6, 6.07) is 8.22. The molecule has 2 unspecified atom stereocenters. The molecule has 1 saturated carbocycles. The van der Waals surface area contributed by atoms with Gasteiger partial charge in [0.05, 0.1) is 6.54 Å². The molecule has 1 aromatic heterocycles. The highest BCUT2D eigenvalue weighted by Crippen LogP contribution is 2.45. The van der Waals surface area contributed by atoms with Crippen LogP contribution in [0.3, 0.4) is 0 Å². The van der Waals surface area contributed by atoms with Gasteiger partial charge >= 0.3 is 5.69 Å². The first kappa shape index (κ1) is 15.9. The van der Waals surface area contributed by atoms with E-state index in [9.17, 15) is 9.59 Å². The summed E-state index contributed by atoms with van der Waals surface area (Å²) in [6.45, 7) is 3.35. The first-order valence-corrected chi connectivity index (χ1v) is 9.66. The van der Waals surface area contributed by atoms with E-state index in [1.807, 2.05) is 36.1 Å². The highest BCUT2D eigenvalue weighted by Gasteiger charge is 2.50. The quantitative estimate of drug-likeness (QED) is 0.848. The Morgan fingerprint density at radius 3 is 2.73 bits per heavy atom. The van der Waals surface area contributed by atoms with Crippen LogP contribution in [0.15, 0.2) is 29.1 Å². The Balaban J connectivity index is 1.44. The summed E-state index contributed by atoms with van der Waals surface area (Å²) in [5.74, 6) is 1.61. The fourth-order valence-corrected chi connectivity index (χ4v) is 4.59. The Morgan fingerprint density at radius 2 is 2.04 bits per heavy atom. The van der Waals surface area contributed by atoms with Crippen molar-refractivity contribution in [2.24, 2.45) is 5.92 Å². The maximum Gasteiger partial charge on any atom is 0.346 e. The number of aromatic nitrogens is 3. The Bertz CT molecular complexity index is 911. The van der Waals surface area contributed by atoms with E-state index in [4.69, 9.17) is 0 Å². The summed E-state index contributed by atoms with van der Waals surface area (Å²) >= 11 is 0. The number of piperidine rings is 1. The van der Waals surface area contributed by atoms with Crippen LogP contribution in [0.1, 0.15) is 48.7 Å². The lowest BCUT2D eigenvalue weighted by atomic mass is 10.0. The van der Waals surface area contributed by atoms with Gasteiger partial charge in [0.2, 0.25) is 5.91 Å². The molecule has 136 valence electrons. The van der Waals surface area contributed by atoms with Crippen molar-refractivity contribution >= 4 is 5.91 Å². The number of likely N-dealkylation sites (tertiary alicyclic amines) is 1. The molecule has 0 spiro atoms. The zero-order valence-electron chi connectivity index (χ0n) is 15.1. The maximum atomic E-state index is 13.1. The van der Waals surface area contributed by atoms with Crippen LogP contribution >= 0.6 is 0 Å². The van der Waals surface area contributed by atoms with Gasteiger partial charge in [-0.05, 0) is 44.1 Å². The second-order valence-corrected chi connectivity index (χ2v) is 8.00. The topological polar surface area (TPSA) is 60.1 Å². The molecule has 26 heavy (non-hydrogen) atoms. The van der Waals surface area contributed by atoms with Gasteiger partial charge < -0.3 is 4.90 Å². The minimum atomic E-state index is -0.364. The van der Waals surface area contributed by atoms with E-state index in [-0.39, 0.29) is 17.6 Å². The lowest BCUT2D eigenvalue weighted by molar-refractivity contribution is -0.135. The number of amides is 1. The molecule has 0 N–H and O–H groups in total. The molecule has 5 rings (SSSR count). The highest BCUT2D eigenvalue weighted by atomic mass is 16.2. The summed E-state index contributed by atoms with van der Waals surface area (Å²) < 4.78 is 3.20. The van der Waals surface area contributed by atoms with Gasteiger partial charge in [0.25, 0.3) is 0 Å². The lowest BCUT2D eigenvalue weighted by Crippen LogP contribution is -2.42. The summed E-state index contributed by atoms with van der Waals surface area (Å²) in [5, 5.41) is 4.55. The van der Waals surface area contributed by atoms with Gasteiger partial charge in [-0.3, -0.25) is 9.36 Å². The van der Waals surface area contributed by atoms with Crippen LogP contribution in [0.4, 0.5) is 0 Å². The second kappa shape index (κ2) is 5.83. The number of carbonyl (C=O) groups is 1. The minimum Gasteiger partial charge on any atom is -0.338 e. The molecule has 0 bridgehead atoms. The van der Waals surface area contributed by atoms with Crippen LogP contribution in [-0.2, 0) is 17.8 Å². The van der Waals surface area contributed by atoms with Gasteiger partial charge in [-0.25, -0.2) is 9.48 Å². The molecule has 3 atom stereocenters. The monoisotopic (exact) mass is 352 g/mol. The van der Waals surface area contributed by atoms with Gasteiger partial charge in [-0.1, -0.05) is 29.8 Å². The fourth-order valence-electron chi connectivity index (χ4n) is 4.59. The molecule has 1 aliphatic carbocycles. The molecule has 3 aliphatic rings. The number of nitrogens with zero attached hydrogens (tertiary/aromatic N) is 4. The summed E-state index contributed by atoms with van der Waals surface area (Å²) in [4.78, 5) is 28.1. The number of hydrogen-bond acceptors (Lipinski definition) is 3. The van der Waals surface area contributed by atoms with E-state index in [1.54, 1.807) is 4.57 Å². The molecule has 0 radical (unpaired) electrons. The molecule has 2 aromatic rings. The van der Waals surface area contributed by atoms with Crippen molar-refractivity contribution in [3.63, 3.8) is 0 Å². The van der Waals surface area contributed by atoms with Crippen LogP contribution in [0.2, 0.25) is 0 Å². The summed E-state index contributed by atoms with van der Waals surface area (Å²) in [6.07, 6.45) is 4.70. The average Bonchev–Trinajstić information content (AvgIpc) is 3.19. The second-order valence-electron chi connectivity index (χ2n) is 8.00. The van der Waals surface area contributed by atoms with E-state index in [0.29, 0.717) is 18.5 Å². The van der Waals surface area contributed by atoms with Crippen molar-refractivity contribution in [1.82, 2.24) is 19.2 Å². The average molecular weight is 352 g/mol. The van der Waals surface area contributed by atoms with Crippen LogP contribution in [0.25, 0.3) is 0 Å². The first-order chi connectivity index (χ1) is 12.6. The third kappa shape index (κ3) is 2.50. The van der Waals surface area contributed by atoms with Crippen LogP contribution in [-0.4, -0.2) is 37.7 Å². The van der Waals surface area contributed by atoms with Gasteiger partial charge in [-0.15, -0.1) is 0 Å². The Kier molecular flexibility index (Phi) is 3.55. The molecule has 2 fully saturated rings. The predicted octanol–water partition coefficient (Wildman–Crippen LogP) is 1.90. The molecule has 6 nitrogen and oxygen atoms in total. The van der Waals surface area contributed by atoms with E-state index in [1.165, 1.54) is 10.2 Å². The predicted molar refractivity (Wildman–Crippen MR) is 97.0 cm³/mol. The van der Waals surface area contributed by atoms with Crippen LogP contribution in [0.5, 0.6) is 0 Å². The molecule has 3 heterocycles. The number of benzene rings is 1. The maximum absolute atomic E-state index is 13.1. The normalized spacial score (nSPS) is 26.5. The number of carbonyl (C=O) groups excluding carboxylic acids is 1. The van der Waals surface area contributed by atoms with E-state index < -0.39 is 0 Å². The number of hydrogen-bond donors (Lipinski definition) is 0. The van der Waals surface area contributed by atoms with E-state index in [2.05, 4.69) is 5.10 Å². The third-order valence-corrected chi connectivity index (χ3v) is 6.18. The van der Waals surface area contributed by atoms with Gasteiger partial charge in [0.1, 0.15) is 11.9 Å². The largest absolute Gasteiger partial charge is 0.346 e. The Morgan fingerprint density at radius 1 is 1.23 bits per heavy atom. The van der Waals surface area contributed by atoms with E-state index >= 15 is 0 Å². The molecule has 2 aliphatic heterocycles. The Hall–Kier alpha value is -2.37. The first-order valence-electron chi connectivity index (χ1n) is 9.66. The van der Waals surface area contributed by atoms with Crippen molar-refractivity contribution in [3.05, 3.63) is 51.7 Å². The van der Waals surface area contributed by atoms with E-state index in [0.717, 1.165) is 50.0 Å². The van der Waals surface area contributed by atoms with Crippen molar-refractivity contribution in [1.29, 1.82) is 0 Å². The van der Waals surface area contributed by atoms with Crippen molar-refractivity contribution in [2.75, 3.05) is 6.54 Å². The van der Waals surface area contributed by atoms with Crippen molar-refractivity contribution in [3.8, 4) is 0 Å². The summed E-state index contributed by atoms with van der Waals surface area (Å²) in [5.41, 5.74) is 2.10. The zero-order chi connectivity index (χ0) is 17.8. The lowest BCUT2D eigenvalue weighted by Gasteiger charge is -2.28. The molecule has 1 aromatic carbocycles. The van der Waals surface area contributed by atoms with Gasteiger partial charge in [0.15, 0.2) is 0 Å². The van der Waals surface area contributed by atoms with Gasteiger partial charge in [-0.2, -0.15) is 5.10 Å². The highest BCUT2D eigenvalue weighted by molar-refractivity contribution is 5.81. The molecule has 1 amide bonds. The molecule has 6 heteroatoms. The van der Waals surface area contributed by atoms with Gasteiger partial charge in [0, 0.05) is 19.0 Å². The molecule has 1 saturated heterocycles. The van der Waals surface area contributed by atoms with Crippen LogP contribution in [0, 0.1) is 12.8 Å². The molecular formula is C20H24N4O2. The minimum absolute atomic E-state index is 0.132.